The van der Waals surface area contributed by atoms with Crippen molar-refractivity contribution < 1.29 is 19.1 Å². The van der Waals surface area contributed by atoms with Crippen LogP contribution in [-0.2, 0) is 25.5 Å². The molecule has 2 aromatic rings. The SMILES string of the molecule is C=C1C(=O)O[C@H]2[C@H]1CC/C(CNC(=O)Cc1c[nH]c3ccccc13)=C\CC[C@@]1(C)O[C@@H]21. The number of carbonyl (C=O) groups excluding carboxylic acids is 2. The smallest absolute Gasteiger partial charge is 0.334 e. The molecule has 2 saturated heterocycles. The maximum Gasteiger partial charge on any atom is 0.334 e. The van der Waals surface area contributed by atoms with E-state index in [0.29, 0.717) is 18.5 Å². The van der Waals surface area contributed by atoms with E-state index in [1.54, 1.807) is 0 Å². The third-order valence-electron chi connectivity index (χ3n) is 6.98. The highest BCUT2D eigenvalue weighted by Crippen LogP contribution is 2.49. The van der Waals surface area contributed by atoms with Crippen molar-refractivity contribution in [3.63, 3.8) is 0 Å². The Morgan fingerprint density at radius 1 is 1.35 bits per heavy atom. The van der Waals surface area contributed by atoms with Gasteiger partial charge in [0.2, 0.25) is 5.91 Å². The number of hydrogen-bond acceptors (Lipinski definition) is 4. The summed E-state index contributed by atoms with van der Waals surface area (Å²) in [5, 5.41) is 4.16. The van der Waals surface area contributed by atoms with E-state index < -0.39 is 0 Å². The summed E-state index contributed by atoms with van der Waals surface area (Å²) < 4.78 is 11.6. The van der Waals surface area contributed by atoms with E-state index in [1.165, 1.54) is 5.57 Å². The van der Waals surface area contributed by atoms with Gasteiger partial charge < -0.3 is 19.8 Å². The van der Waals surface area contributed by atoms with Gasteiger partial charge >= 0.3 is 5.97 Å². The molecule has 0 saturated carbocycles. The second kappa shape index (κ2) is 7.68. The molecule has 1 amide bonds. The highest BCUT2D eigenvalue weighted by Gasteiger charge is 2.61. The van der Waals surface area contributed by atoms with Crippen LogP contribution in [0.2, 0.25) is 0 Å². The monoisotopic (exact) mass is 420 g/mol. The van der Waals surface area contributed by atoms with Crippen molar-refractivity contribution in [2.45, 2.75) is 56.8 Å². The van der Waals surface area contributed by atoms with Gasteiger partial charge in [-0.2, -0.15) is 0 Å². The predicted molar refractivity (Wildman–Crippen MR) is 117 cm³/mol. The van der Waals surface area contributed by atoms with Crippen LogP contribution in [0.3, 0.4) is 0 Å². The first kappa shape index (κ1) is 20.1. The van der Waals surface area contributed by atoms with Crippen molar-refractivity contribution in [3.05, 3.63) is 59.8 Å². The molecule has 0 radical (unpaired) electrons. The van der Waals surface area contributed by atoms with Crippen LogP contribution in [0.1, 0.15) is 38.2 Å². The number of aromatic nitrogens is 1. The van der Waals surface area contributed by atoms with Crippen LogP contribution in [0.5, 0.6) is 0 Å². The quantitative estimate of drug-likeness (QED) is 0.343. The number of esters is 1. The second-order valence-corrected chi connectivity index (χ2v) is 9.11. The summed E-state index contributed by atoms with van der Waals surface area (Å²) in [5.41, 5.74) is 3.52. The molecule has 2 aliphatic heterocycles. The standard InChI is InChI=1S/C25H28N2O4/c1-15-18-10-9-16(6-5-11-25(2)23(31-25)22(18)30-24(15)29)13-27-21(28)12-17-14-26-20-8-4-3-7-19(17)20/h3-4,6-8,14,18,22-23,26H,1,5,9-13H2,2H3,(H,27,28)/b16-6+/t18-,22-,23-,25+/m0/s1. The summed E-state index contributed by atoms with van der Waals surface area (Å²) >= 11 is 0. The molecule has 31 heavy (non-hydrogen) atoms. The first-order valence-corrected chi connectivity index (χ1v) is 11.0. The Labute approximate surface area is 181 Å². The molecule has 2 fully saturated rings. The van der Waals surface area contributed by atoms with Gasteiger partial charge in [0.05, 0.1) is 12.0 Å². The summed E-state index contributed by atoms with van der Waals surface area (Å²) in [4.78, 5) is 27.9. The van der Waals surface area contributed by atoms with Gasteiger partial charge in [-0.3, -0.25) is 4.79 Å². The van der Waals surface area contributed by atoms with E-state index >= 15 is 0 Å². The first-order valence-electron chi connectivity index (χ1n) is 11.0. The van der Waals surface area contributed by atoms with Gasteiger partial charge in [-0.15, -0.1) is 0 Å². The fourth-order valence-corrected chi connectivity index (χ4v) is 5.01. The van der Waals surface area contributed by atoms with Crippen LogP contribution < -0.4 is 5.32 Å². The van der Waals surface area contributed by atoms with Gasteiger partial charge in [-0.25, -0.2) is 4.79 Å². The van der Waals surface area contributed by atoms with Gasteiger partial charge in [0, 0.05) is 35.1 Å². The molecule has 5 rings (SSSR count). The minimum Gasteiger partial charge on any atom is -0.455 e. The van der Waals surface area contributed by atoms with Crippen molar-refractivity contribution in [2.75, 3.05) is 6.54 Å². The summed E-state index contributed by atoms with van der Waals surface area (Å²) in [6, 6.07) is 8.00. The molecule has 1 aromatic heterocycles. The Morgan fingerprint density at radius 2 is 2.19 bits per heavy atom. The minimum absolute atomic E-state index is 0.00182. The molecule has 4 atom stereocenters. The van der Waals surface area contributed by atoms with Crippen LogP contribution in [0.4, 0.5) is 0 Å². The maximum absolute atomic E-state index is 12.6. The molecule has 0 bridgehead atoms. The number of H-pyrrole nitrogens is 1. The second-order valence-electron chi connectivity index (χ2n) is 9.11. The molecule has 162 valence electrons. The highest BCUT2D eigenvalue weighted by molar-refractivity contribution is 5.91. The number of allylic oxidation sites excluding steroid dienone is 1. The lowest BCUT2D eigenvalue weighted by atomic mass is 9.84. The van der Waals surface area contributed by atoms with Crippen molar-refractivity contribution in [1.29, 1.82) is 0 Å². The minimum atomic E-state index is -0.301. The van der Waals surface area contributed by atoms with Crippen molar-refractivity contribution in [2.24, 2.45) is 5.92 Å². The number of ether oxygens (including phenoxy) is 2. The summed E-state index contributed by atoms with van der Waals surface area (Å²) in [6.07, 6.45) is 7.52. The third kappa shape index (κ3) is 3.81. The van der Waals surface area contributed by atoms with Crippen LogP contribution >= 0.6 is 0 Å². The summed E-state index contributed by atoms with van der Waals surface area (Å²) in [6.45, 7) is 6.56. The van der Waals surface area contributed by atoms with Crippen molar-refractivity contribution in [1.82, 2.24) is 10.3 Å². The molecule has 1 aromatic carbocycles. The number of epoxide rings is 1. The average Bonchev–Trinajstić information content (AvgIpc) is 3.12. The molecule has 2 N–H and O–H groups in total. The van der Waals surface area contributed by atoms with Crippen LogP contribution in [0, 0.1) is 5.92 Å². The van der Waals surface area contributed by atoms with Gasteiger partial charge in [0.25, 0.3) is 0 Å². The van der Waals surface area contributed by atoms with E-state index in [1.807, 2.05) is 30.5 Å². The van der Waals surface area contributed by atoms with Crippen LogP contribution in [-0.4, -0.2) is 41.2 Å². The highest BCUT2D eigenvalue weighted by atomic mass is 16.6. The fourth-order valence-electron chi connectivity index (χ4n) is 5.01. The molecule has 1 aliphatic carbocycles. The van der Waals surface area contributed by atoms with Crippen molar-refractivity contribution >= 4 is 22.8 Å². The lowest BCUT2D eigenvalue weighted by molar-refractivity contribution is -0.140. The van der Waals surface area contributed by atoms with E-state index in [2.05, 4.69) is 29.9 Å². The number of para-hydroxylation sites is 1. The molecule has 0 unspecified atom stereocenters. The number of carbonyl (C=O) groups is 2. The first-order chi connectivity index (χ1) is 14.9. The molecular weight excluding hydrogens is 392 g/mol. The zero-order valence-electron chi connectivity index (χ0n) is 17.8. The van der Waals surface area contributed by atoms with Gasteiger partial charge in [-0.05, 0) is 44.2 Å². The number of aromatic amines is 1. The van der Waals surface area contributed by atoms with E-state index in [0.717, 1.165) is 42.1 Å². The number of fused-ring (bicyclic) bond motifs is 4. The summed E-state index contributed by atoms with van der Waals surface area (Å²) in [7, 11) is 0. The van der Waals surface area contributed by atoms with Gasteiger partial charge in [0.15, 0.2) is 0 Å². The number of amides is 1. The van der Waals surface area contributed by atoms with E-state index in [-0.39, 0.29) is 35.6 Å². The Balaban J connectivity index is 1.23. The Hall–Kier alpha value is -2.86. The molecule has 0 spiro atoms. The summed E-state index contributed by atoms with van der Waals surface area (Å²) in [5.74, 6) is -0.325. The van der Waals surface area contributed by atoms with E-state index in [4.69, 9.17) is 9.47 Å². The number of nitrogens with one attached hydrogen (secondary N) is 2. The number of benzene rings is 1. The molecular formula is C25H28N2O4. The Kier molecular flexibility index (Phi) is 4.97. The molecule has 3 aliphatic rings. The van der Waals surface area contributed by atoms with Gasteiger partial charge in [-0.1, -0.05) is 36.4 Å². The van der Waals surface area contributed by atoms with E-state index in [9.17, 15) is 9.59 Å². The zero-order valence-corrected chi connectivity index (χ0v) is 17.8. The number of rotatable bonds is 4. The topological polar surface area (TPSA) is 83.7 Å². The Bertz CT molecular complexity index is 1080. The normalized spacial score (nSPS) is 31.9. The predicted octanol–water partition coefficient (Wildman–Crippen LogP) is 3.58. The lowest BCUT2D eigenvalue weighted by Gasteiger charge is -2.20. The average molecular weight is 421 g/mol. The van der Waals surface area contributed by atoms with Crippen LogP contribution in [0.25, 0.3) is 10.9 Å². The molecule has 6 nitrogen and oxygen atoms in total. The van der Waals surface area contributed by atoms with Crippen LogP contribution in [0.15, 0.2) is 54.3 Å². The molecule has 3 heterocycles. The third-order valence-corrected chi connectivity index (χ3v) is 6.98. The maximum atomic E-state index is 12.6. The Morgan fingerprint density at radius 3 is 3.06 bits per heavy atom. The molecule has 6 heteroatoms. The lowest BCUT2D eigenvalue weighted by Crippen LogP contribution is -2.30. The van der Waals surface area contributed by atoms with Crippen molar-refractivity contribution in [3.8, 4) is 0 Å². The fraction of sp³-hybridized carbons (Fsp3) is 0.440. The largest absolute Gasteiger partial charge is 0.455 e. The van der Waals surface area contributed by atoms with Gasteiger partial charge in [0.1, 0.15) is 12.2 Å². The number of hydrogen-bond donors (Lipinski definition) is 2. The zero-order chi connectivity index (χ0) is 21.6.